The van der Waals surface area contributed by atoms with Gasteiger partial charge in [-0.05, 0) is 46.8 Å². The van der Waals surface area contributed by atoms with Crippen molar-refractivity contribution in [1.82, 2.24) is 10.2 Å². The van der Waals surface area contributed by atoms with Crippen molar-refractivity contribution in [2.75, 3.05) is 26.2 Å². The molecule has 1 atom stereocenters. The molecule has 0 aromatic heterocycles. The first-order valence-corrected chi connectivity index (χ1v) is 9.72. The summed E-state index contributed by atoms with van der Waals surface area (Å²) in [6.45, 7) is 2.92. The van der Waals surface area contributed by atoms with Crippen molar-refractivity contribution in [2.24, 2.45) is 5.92 Å². The lowest BCUT2D eigenvalue weighted by molar-refractivity contribution is -0.139. The van der Waals surface area contributed by atoms with Crippen molar-refractivity contribution < 1.29 is 18.3 Å². The third-order valence-electron chi connectivity index (χ3n) is 5.41. The molecule has 2 aliphatic rings. The fourth-order valence-electron chi connectivity index (χ4n) is 4.25. The molecule has 2 N–H and O–H groups in total. The summed E-state index contributed by atoms with van der Waals surface area (Å²) in [6.07, 6.45) is 0.582. The quantitative estimate of drug-likeness (QED) is 0.743. The molecule has 1 saturated heterocycles. The zero-order valence-electron chi connectivity index (χ0n) is 14.1. The number of nitrogens with one attached hydrogen (secondary N) is 1. The Morgan fingerprint density at radius 3 is 2.36 bits per heavy atom. The average Bonchev–Trinajstić information content (AvgIpc) is 2.60. The standard InChI is InChI=1S/C18H24BrF3N2O/c19-14-7-6-13(18(20,21)22)15(17(14)25)16(12-4-2-1-3-5-12)24-10-8-23-9-11-24/h6-7,12,16,23,25H,1-5,8-11H2/t16-/m1/s1. The highest BCUT2D eigenvalue weighted by molar-refractivity contribution is 9.10. The number of benzene rings is 1. The molecule has 140 valence electrons. The van der Waals surface area contributed by atoms with Gasteiger partial charge in [0.15, 0.2) is 0 Å². The summed E-state index contributed by atoms with van der Waals surface area (Å²) < 4.78 is 41.4. The number of phenolic OH excluding ortho intramolecular Hbond substituents is 1. The molecular formula is C18H24BrF3N2O. The SMILES string of the molecule is Oc1c(Br)ccc(C(F)(F)F)c1[C@@H](C1CCCCC1)N1CCNCC1. The molecule has 0 bridgehead atoms. The van der Waals surface area contributed by atoms with E-state index >= 15 is 0 Å². The van der Waals surface area contributed by atoms with Crippen LogP contribution in [0.5, 0.6) is 5.75 Å². The molecule has 1 aliphatic heterocycles. The van der Waals surface area contributed by atoms with Gasteiger partial charge in [-0.15, -0.1) is 0 Å². The van der Waals surface area contributed by atoms with Gasteiger partial charge >= 0.3 is 6.18 Å². The number of piperazine rings is 1. The minimum absolute atomic E-state index is 0.0516. The molecule has 0 spiro atoms. The molecule has 1 aromatic carbocycles. The van der Waals surface area contributed by atoms with Crippen molar-refractivity contribution in [3.63, 3.8) is 0 Å². The lowest BCUT2D eigenvalue weighted by atomic mass is 9.78. The van der Waals surface area contributed by atoms with Gasteiger partial charge in [-0.25, -0.2) is 0 Å². The van der Waals surface area contributed by atoms with Crippen LogP contribution in [0.1, 0.15) is 49.3 Å². The van der Waals surface area contributed by atoms with E-state index in [9.17, 15) is 18.3 Å². The first-order valence-electron chi connectivity index (χ1n) is 8.93. The second-order valence-corrected chi connectivity index (χ2v) is 7.84. The van der Waals surface area contributed by atoms with Gasteiger partial charge in [0.25, 0.3) is 0 Å². The van der Waals surface area contributed by atoms with Crippen LogP contribution in [0.3, 0.4) is 0 Å². The fraction of sp³-hybridized carbons (Fsp3) is 0.667. The third-order valence-corrected chi connectivity index (χ3v) is 6.05. The number of halogens is 4. The summed E-state index contributed by atoms with van der Waals surface area (Å²) in [7, 11) is 0. The number of rotatable bonds is 3. The van der Waals surface area contributed by atoms with Crippen LogP contribution < -0.4 is 5.32 Å². The van der Waals surface area contributed by atoms with E-state index in [1.807, 2.05) is 0 Å². The van der Waals surface area contributed by atoms with Crippen LogP contribution >= 0.6 is 15.9 Å². The van der Waals surface area contributed by atoms with Crippen molar-refractivity contribution in [2.45, 2.75) is 44.3 Å². The topological polar surface area (TPSA) is 35.5 Å². The van der Waals surface area contributed by atoms with E-state index in [0.29, 0.717) is 17.6 Å². The number of nitrogens with zero attached hydrogens (tertiary/aromatic N) is 1. The van der Waals surface area contributed by atoms with Crippen LogP contribution in [-0.4, -0.2) is 36.2 Å². The molecule has 25 heavy (non-hydrogen) atoms. The second-order valence-electron chi connectivity index (χ2n) is 6.98. The number of hydrogen-bond acceptors (Lipinski definition) is 3. The Kier molecular flexibility index (Phi) is 5.96. The van der Waals surface area contributed by atoms with Crippen molar-refractivity contribution in [3.8, 4) is 5.75 Å². The lowest BCUT2D eigenvalue weighted by Gasteiger charge is -2.42. The molecule has 1 saturated carbocycles. The minimum Gasteiger partial charge on any atom is -0.506 e. The van der Waals surface area contributed by atoms with Gasteiger partial charge < -0.3 is 10.4 Å². The van der Waals surface area contributed by atoms with Gasteiger partial charge in [-0.1, -0.05) is 19.3 Å². The molecule has 3 rings (SSSR count). The largest absolute Gasteiger partial charge is 0.506 e. The molecule has 0 radical (unpaired) electrons. The second kappa shape index (κ2) is 7.84. The molecule has 7 heteroatoms. The van der Waals surface area contributed by atoms with Crippen molar-refractivity contribution in [3.05, 3.63) is 27.7 Å². The highest BCUT2D eigenvalue weighted by Crippen LogP contribution is 2.48. The summed E-state index contributed by atoms with van der Waals surface area (Å²) in [5.74, 6) is -0.114. The zero-order valence-corrected chi connectivity index (χ0v) is 15.7. The van der Waals surface area contributed by atoms with Gasteiger partial charge in [-0.2, -0.15) is 13.2 Å². The molecule has 0 unspecified atom stereocenters. The maximum atomic E-state index is 13.7. The third kappa shape index (κ3) is 4.14. The molecule has 1 aromatic rings. The fourth-order valence-corrected chi connectivity index (χ4v) is 4.60. The Bertz CT molecular complexity index is 579. The normalized spacial score (nSPS) is 22.1. The Labute approximate surface area is 154 Å². The Morgan fingerprint density at radius 2 is 1.76 bits per heavy atom. The first kappa shape index (κ1) is 19.0. The maximum absolute atomic E-state index is 13.7. The summed E-state index contributed by atoms with van der Waals surface area (Å²) >= 11 is 3.22. The summed E-state index contributed by atoms with van der Waals surface area (Å²) in [5.41, 5.74) is -0.655. The Hall–Kier alpha value is -0.790. The molecule has 3 nitrogen and oxygen atoms in total. The van der Waals surface area contributed by atoms with Gasteiger partial charge in [0, 0.05) is 37.8 Å². The van der Waals surface area contributed by atoms with E-state index in [1.165, 1.54) is 6.07 Å². The van der Waals surface area contributed by atoms with Gasteiger partial charge in [0.1, 0.15) is 5.75 Å². The highest BCUT2D eigenvalue weighted by atomic mass is 79.9. The van der Waals surface area contributed by atoms with E-state index in [0.717, 1.165) is 51.3 Å². The predicted molar refractivity (Wildman–Crippen MR) is 94.6 cm³/mol. The van der Waals surface area contributed by atoms with Crippen molar-refractivity contribution >= 4 is 15.9 Å². The van der Waals surface area contributed by atoms with Crippen LogP contribution in [0, 0.1) is 5.92 Å². The summed E-state index contributed by atoms with van der Waals surface area (Å²) in [6, 6.07) is 1.99. The molecule has 2 fully saturated rings. The minimum atomic E-state index is -4.48. The van der Waals surface area contributed by atoms with E-state index < -0.39 is 17.8 Å². The molecule has 0 amide bonds. The van der Waals surface area contributed by atoms with Crippen LogP contribution in [-0.2, 0) is 6.18 Å². The molecule has 1 heterocycles. The number of aromatic hydroxyl groups is 1. The summed E-state index contributed by atoms with van der Waals surface area (Å²) in [5, 5.41) is 13.8. The Morgan fingerprint density at radius 1 is 1.12 bits per heavy atom. The molecular weight excluding hydrogens is 397 g/mol. The monoisotopic (exact) mass is 420 g/mol. The number of hydrogen-bond donors (Lipinski definition) is 2. The van der Waals surface area contributed by atoms with Gasteiger partial charge in [0.2, 0.25) is 0 Å². The smallest absolute Gasteiger partial charge is 0.416 e. The van der Waals surface area contributed by atoms with E-state index in [2.05, 4.69) is 26.1 Å². The highest BCUT2D eigenvalue weighted by Gasteiger charge is 2.41. The zero-order chi connectivity index (χ0) is 18.0. The van der Waals surface area contributed by atoms with E-state index in [1.54, 1.807) is 0 Å². The van der Waals surface area contributed by atoms with E-state index in [-0.39, 0.29) is 17.2 Å². The predicted octanol–water partition coefficient (Wildman–Crippen LogP) is 4.70. The molecule has 1 aliphatic carbocycles. The van der Waals surface area contributed by atoms with Crippen molar-refractivity contribution in [1.29, 1.82) is 0 Å². The number of alkyl halides is 3. The van der Waals surface area contributed by atoms with E-state index in [4.69, 9.17) is 0 Å². The number of phenols is 1. The maximum Gasteiger partial charge on any atom is 0.416 e. The lowest BCUT2D eigenvalue weighted by Crippen LogP contribution is -2.47. The van der Waals surface area contributed by atoms with Crippen LogP contribution in [0.25, 0.3) is 0 Å². The summed E-state index contributed by atoms with van der Waals surface area (Å²) in [4.78, 5) is 2.13. The van der Waals surface area contributed by atoms with Crippen LogP contribution in [0.4, 0.5) is 13.2 Å². The van der Waals surface area contributed by atoms with Crippen LogP contribution in [0.2, 0.25) is 0 Å². The van der Waals surface area contributed by atoms with Gasteiger partial charge in [-0.3, -0.25) is 4.90 Å². The van der Waals surface area contributed by atoms with Crippen LogP contribution in [0.15, 0.2) is 16.6 Å². The first-order chi connectivity index (χ1) is 11.9. The van der Waals surface area contributed by atoms with Gasteiger partial charge in [0.05, 0.1) is 10.0 Å². The average molecular weight is 421 g/mol. The Balaban J connectivity index is 2.09.